The van der Waals surface area contributed by atoms with Gasteiger partial charge >= 0.3 is 0 Å². The summed E-state index contributed by atoms with van der Waals surface area (Å²) in [7, 11) is 2.02. The molecular weight excluding hydrogens is 288 g/mol. The zero-order valence-electron chi connectivity index (χ0n) is 11.8. The van der Waals surface area contributed by atoms with Crippen molar-refractivity contribution in [3.05, 3.63) is 39.8 Å². The Bertz CT molecular complexity index is 621. The van der Waals surface area contributed by atoms with E-state index in [2.05, 4.69) is 9.88 Å². The first-order chi connectivity index (χ1) is 9.54. The van der Waals surface area contributed by atoms with Gasteiger partial charge in [0.1, 0.15) is 5.84 Å². The fourth-order valence-corrected chi connectivity index (χ4v) is 3.52. The quantitative estimate of drug-likeness (QED) is 0.506. The van der Waals surface area contributed by atoms with Crippen molar-refractivity contribution < 1.29 is 0 Å². The molecule has 1 heterocycles. The molecule has 0 bridgehead atoms. The number of rotatable bonds is 5. The Labute approximate surface area is 127 Å². The van der Waals surface area contributed by atoms with Crippen molar-refractivity contribution >= 4 is 34.6 Å². The first-order valence-electron chi connectivity index (χ1n) is 6.16. The second kappa shape index (κ2) is 6.28. The molecule has 6 heteroatoms. The van der Waals surface area contributed by atoms with E-state index in [-0.39, 0.29) is 5.84 Å². The molecule has 0 amide bonds. The number of nitrogens with zero attached hydrogens (tertiary/aromatic N) is 2. The second-order valence-corrected chi connectivity index (χ2v) is 6.27. The molecule has 1 aromatic carbocycles. The van der Waals surface area contributed by atoms with E-state index >= 15 is 0 Å². The van der Waals surface area contributed by atoms with Gasteiger partial charge in [-0.3, -0.25) is 5.41 Å². The summed E-state index contributed by atoms with van der Waals surface area (Å²) in [6.07, 6.45) is 2.00. The maximum absolute atomic E-state index is 7.83. The Balaban J connectivity index is 2.37. The number of aromatic nitrogens is 1. The largest absolute Gasteiger partial charge is 0.384 e. The molecule has 0 saturated carbocycles. The average Bonchev–Trinajstić information content (AvgIpc) is 2.83. The number of amidine groups is 1. The molecule has 0 atom stereocenters. The number of hydrogen-bond acceptors (Lipinski definition) is 5. The van der Waals surface area contributed by atoms with Gasteiger partial charge in [-0.1, -0.05) is 6.07 Å². The zero-order valence-corrected chi connectivity index (χ0v) is 13.4. The molecule has 0 spiro atoms. The number of nitrogen functional groups attached to an aromatic ring is 1. The molecule has 2 aromatic rings. The standard InChI is InChI=1S/C14H18N4S2/c1-9-12(20-8-17-9)7-18(2)10-5-4-6-11(19-3)13(10)14(15)16/h4-6,8H,7H2,1-3H3,(H3,15,16). The van der Waals surface area contributed by atoms with Gasteiger partial charge in [0, 0.05) is 22.5 Å². The Morgan fingerprint density at radius 3 is 2.80 bits per heavy atom. The Hall–Kier alpha value is -1.53. The molecule has 0 radical (unpaired) electrons. The fraction of sp³-hybridized carbons (Fsp3) is 0.286. The third kappa shape index (κ3) is 2.96. The topological polar surface area (TPSA) is 66.0 Å². The van der Waals surface area contributed by atoms with E-state index < -0.39 is 0 Å². The number of nitrogens with one attached hydrogen (secondary N) is 1. The molecule has 0 saturated heterocycles. The van der Waals surface area contributed by atoms with Crippen molar-refractivity contribution in [1.82, 2.24) is 4.98 Å². The molecule has 3 N–H and O–H groups in total. The molecule has 2 rings (SSSR count). The lowest BCUT2D eigenvalue weighted by Crippen LogP contribution is -2.22. The van der Waals surface area contributed by atoms with E-state index in [4.69, 9.17) is 11.1 Å². The number of benzene rings is 1. The SMILES string of the molecule is CSc1cccc(N(C)Cc2scnc2C)c1C(=N)N. The molecule has 0 unspecified atom stereocenters. The summed E-state index contributed by atoms with van der Waals surface area (Å²) in [5.74, 6) is 0.109. The van der Waals surface area contributed by atoms with Gasteiger partial charge in [0.2, 0.25) is 0 Å². The van der Waals surface area contributed by atoms with E-state index in [0.717, 1.165) is 28.4 Å². The second-order valence-electron chi connectivity index (χ2n) is 4.49. The average molecular weight is 306 g/mol. The maximum atomic E-state index is 7.83. The van der Waals surface area contributed by atoms with Crippen LogP contribution in [-0.2, 0) is 6.54 Å². The molecule has 0 aliphatic heterocycles. The summed E-state index contributed by atoms with van der Waals surface area (Å²) >= 11 is 3.26. The van der Waals surface area contributed by atoms with Crippen molar-refractivity contribution in [3.8, 4) is 0 Å². The monoisotopic (exact) mass is 306 g/mol. The molecule has 20 heavy (non-hydrogen) atoms. The van der Waals surface area contributed by atoms with Crippen molar-refractivity contribution in [2.75, 3.05) is 18.2 Å². The molecule has 0 fully saturated rings. The highest BCUT2D eigenvalue weighted by Gasteiger charge is 2.15. The fourth-order valence-electron chi connectivity index (χ4n) is 2.06. The van der Waals surface area contributed by atoms with Crippen LogP contribution in [0.15, 0.2) is 28.6 Å². The van der Waals surface area contributed by atoms with Gasteiger partial charge in [-0.15, -0.1) is 23.1 Å². The van der Waals surface area contributed by atoms with E-state index in [1.165, 1.54) is 4.88 Å². The lowest BCUT2D eigenvalue weighted by Gasteiger charge is -2.23. The normalized spacial score (nSPS) is 10.6. The Kier molecular flexibility index (Phi) is 4.67. The van der Waals surface area contributed by atoms with Crippen LogP contribution in [0.3, 0.4) is 0 Å². The first-order valence-corrected chi connectivity index (χ1v) is 8.26. The minimum absolute atomic E-state index is 0.109. The molecular formula is C14H18N4S2. The lowest BCUT2D eigenvalue weighted by atomic mass is 10.1. The van der Waals surface area contributed by atoms with Crippen LogP contribution in [0, 0.1) is 12.3 Å². The summed E-state index contributed by atoms with van der Waals surface area (Å²) in [6, 6.07) is 6.01. The number of anilines is 1. The van der Waals surface area contributed by atoms with Gasteiger partial charge in [-0.05, 0) is 25.3 Å². The van der Waals surface area contributed by atoms with Crippen LogP contribution in [0.25, 0.3) is 0 Å². The molecule has 106 valence electrons. The third-order valence-electron chi connectivity index (χ3n) is 3.13. The number of aryl methyl sites for hydroxylation is 1. The van der Waals surface area contributed by atoms with Crippen LogP contribution in [-0.4, -0.2) is 24.1 Å². The highest BCUT2D eigenvalue weighted by atomic mass is 32.2. The van der Waals surface area contributed by atoms with Crippen LogP contribution < -0.4 is 10.6 Å². The number of thiazole rings is 1. The zero-order chi connectivity index (χ0) is 14.7. The molecule has 0 aliphatic rings. The van der Waals surface area contributed by atoms with E-state index in [0.29, 0.717) is 0 Å². The van der Waals surface area contributed by atoms with Crippen LogP contribution in [0.1, 0.15) is 16.1 Å². The van der Waals surface area contributed by atoms with Crippen LogP contribution >= 0.6 is 23.1 Å². The summed E-state index contributed by atoms with van der Waals surface area (Å²) < 4.78 is 0. The van der Waals surface area contributed by atoms with Gasteiger partial charge in [-0.25, -0.2) is 4.98 Å². The predicted octanol–water partition coefficient (Wildman–Crippen LogP) is 3.09. The maximum Gasteiger partial charge on any atom is 0.126 e. The lowest BCUT2D eigenvalue weighted by molar-refractivity contribution is 0.921. The Morgan fingerprint density at radius 1 is 1.50 bits per heavy atom. The van der Waals surface area contributed by atoms with Crippen LogP contribution in [0.5, 0.6) is 0 Å². The molecule has 4 nitrogen and oxygen atoms in total. The van der Waals surface area contributed by atoms with Crippen molar-refractivity contribution in [2.45, 2.75) is 18.4 Å². The summed E-state index contributed by atoms with van der Waals surface area (Å²) in [5.41, 5.74) is 10.5. The minimum Gasteiger partial charge on any atom is -0.384 e. The van der Waals surface area contributed by atoms with Gasteiger partial charge < -0.3 is 10.6 Å². The highest BCUT2D eigenvalue weighted by molar-refractivity contribution is 7.98. The minimum atomic E-state index is 0.109. The van der Waals surface area contributed by atoms with Crippen LogP contribution in [0.4, 0.5) is 5.69 Å². The predicted molar refractivity (Wildman–Crippen MR) is 88.2 cm³/mol. The summed E-state index contributed by atoms with van der Waals surface area (Å²) in [6.45, 7) is 2.79. The molecule has 1 aromatic heterocycles. The Morgan fingerprint density at radius 2 is 2.25 bits per heavy atom. The number of thioether (sulfide) groups is 1. The van der Waals surface area contributed by atoms with Gasteiger partial charge in [0.25, 0.3) is 0 Å². The third-order valence-corrected chi connectivity index (χ3v) is 4.83. The van der Waals surface area contributed by atoms with Gasteiger partial charge in [-0.2, -0.15) is 0 Å². The van der Waals surface area contributed by atoms with Gasteiger partial charge in [0.05, 0.1) is 23.3 Å². The number of hydrogen-bond donors (Lipinski definition) is 2. The van der Waals surface area contributed by atoms with Crippen molar-refractivity contribution in [1.29, 1.82) is 5.41 Å². The van der Waals surface area contributed by atoms with E-state index in [9.17, 15) is 0 Å². The first kappa shape index (κ1) is 14.9. The smallest absolute Gasteiger partial charge is 0.126 e. The molecule has 0 aliphatic carbocycles. The van der Waals surface area contributed by atoms with E-state index in [1.807, 2.05) is 43.9 Å². The van der Waals surface area contributed by atoms with Crippen molar-refractivity contribution in [3.63, 3.8) is 0 Å². The van der Waals surface area contributed by atoms with E-state index in [1.54, 1.807) is 23.1 Å². The van der Waals surface area contributed by atoms with Gasteiger partial charge in [0.15, 0.2) is 0 Å². The summed E-state index contributed by atoms with van der Waals surface area (Å²) in [4.78, 5) is 8.66. The van der Waals surface area contributed by atoms with Crippen LogP contribution in [0.2, 0.25) is 0 Å². The summed E-state index contributed by atoms with van der Waals surface area (Å²) in [5, 5.41) is 7.83. The highest BCUT2D eigenvalue weighted by Crippen LogP contribution is 2.30. The van der Waals surface area contributed by atoms with Crippen molar-refractivity contribution in [2.24, 2.45) is 5.73 Å². The number of nitrogens with two attached hydrogens (primary N) is 1.